The lowest BCUT2D eigenvalue weighted by Gasteiger charge is -2.34. The number of rotatable bonds is 12. The zero-order valence-corrected chi connectivity index (χ0v) is 18.0. The third-order valence-electron chi connectivity index (χ3n) is 3.84. The Labute approximate surface area is 160 Å². The largest absolute Gasteiger partial charge is 0.383 e. The van der Waals surface area contributed by atoms with Crippen molar-refractivity contribution in [1.82, 2.24) is 15.1 Å². The molecule has 0 unspecified atom stereocenters. The third kappa shape index (κ3) is 15.9. The van der Waals surface area contributed by atoms with Crippen molar-refractivity contribution in [3.05, 3.63) is 0 Å². The average Bonchev–Trinajstić information content (AvgIpc) is 2.67. The molecule has 0 saturated carbocycles. The smallest absolute Gasteiger partial charge is 0.283 e. The fourth-order valence-corrected chi connectivity index (χ4v) is 2.53. The van der Waals surface area contributed by atoms with Gasteiger partial charge in [0, 0.05) is 46.4 Å². The number of piperazine rings is 1. The van der Waals surface area contributed by atoms with Crippen molar-refractivity contribution >= 4 is 0 Å². The van der Waals surface area contributed by atoms with E-state index in [9.17, 15) is 8.78 Å². The zero-order valence-electron chi connectivity index (χ0n) is 18.0. The molecule has 1 aliphatic rings. The summed E-state index contributed by atoms with van der Waals surface area (Å²) in [6.07, 6.45) is 1.83. The van der Waals surface area contributed by atoms with Gasteiger partial charge in [-0.15, -0.1) is 0 Å². The Balaban J connectivity index is 0. The van der Waals surface area contributed by atoms with E-state index in [0.717, 1.165) is 58.7 Å². The van der Waals surface area contributed by atoms with E-state index in [0.29, 0.717) is 6.61 Å². The maximum Gasteiger partial charge on any atom is 0.283 e. The highest BCUT2D eigenvalue weighted by molar-refractivity contribution is 4.71. The number of ether oxygens (including phenoxy) is 2. The molecule has 0 aromatic carbocycles. The van der Waals surface area contributed by atoms with Gasteiger partial charge in [0.05, 0.1) is 13.2 Å². The summed E-state index contributed by atoms with van der Waals surface area (Å²) in [6, 6.07) is 0. The quantitative estimate of drug-likeness (QED) is 0.525. The Hall–Kier alpha value is -0.340. The maximum atomic E-state index is 13.1. The summed E-state index contributed by atoms with van der Waals surface area (Å²) in [4.78, 5) is 4.84. The van der Waals surface area contributed by atoms with Crippen LogP contribution in [-0.2, 0) is 9.47 Å². The van der Waals surface area contributed by atoms with E-state index in [1.165, 1.54) is 7.05 Å². The first-order chi connectivity index (χ1) is 12.6. The van der Waals surface area contributed by atoms with Crippen LogP contribution in [-0.4, -0.2) is 95.5 Å². The topological polar surface area (TPSA) is 37.0 Å². The van der Waals surface area contributed by atoms with Crippen LogP contribution in [0.2, 0.25) is 0 Å². The molecule has 160 valence electrons. The van der Waals surface area contributed by atoms with Gasteiger partial charge in [0.15, 0.2) is 0 Å². The van der Waals surface area contributed by atoms with Crippen LogP contribution < -0.4 is 5.32 Å². The highest BCUT2D eigenvalue weighted by atomic mass is 19.3. The molecule has 0 atom stereocenters. The van der Waals surface area contributed by atoms with Crippen LogP contribution in [0.1, 0.15) is 40.5 Å². The molecule has 0 amide bonds. The van der Waals surface area contributed by atoms with Gasteiger partial charge in [-0.25, -0.2) is 8.78 Å². The van der Waals surface area contributed by atoms with Crippen molar-refractivity contribution in [1.29, 1.82) is 0 Å². The van der Waals surface area contributed by atoms with E-state index in [1.807, 2.05) is 27.7 Å². The normalized spacial score (nSPS) is 15.7. The van der Waals surface area contributed by atoms with Gasteiger partial charge in [0.25, 0.3) is 5.92 Å². The lowest BCUT2D eigenvalue weighted by Crippen LogP contribution is -2.47. The number of halogens is 2. The van der Waals surface area contributed by atoms with Crippen LogP contribution in [0.25, 0.3) is 0 Å². The number of nitrogens with zero attached hydrogens (tertiary/aromatic N) is 2. The summed E-state index contributed by atoms with van der Waals surface area (Å²) < 4.78 is 36.4. The van der Waals surface area contributed by atoms with E-state index >= 15 is 0 Å². The maximum absolute atomic E-state index is 13.1. The lowest BCUT2D eigenvalue weighted by molar-refractivity contribution is -0.0742. The second-order valence-corrected chi connectivity index (χ2v) is 5.82. The molecule has 0 bridgehead atoms. The SMILES string of the molecule is CC.CC.CNCC(F)(F)COCCCCN1CCN(CCOC)CC1. The molecule has 0 aromatic heterocycles. The van der Waals surface area contributed by atoms with Crippen molar-refractivity contribution in [3.8, 4) is 0 Å². The number of nitrogens with one attached hydrogen (secondary N) is 1. The first-order valence-corrected chi connectivity index (χ1v) is 10.1. The van der Waals surface area contributed by atoms with Crippen LogP contribution in [0.15, 0.2) is 0 Å². The molecule has 1 N–H and O–H groups in total. The van der Waals surface area contributed by atoms with Crippen molar-refractivity contribution in [3.63, 3.8) is 0 Å². The number of methoxy groups -OCH3 is 1. The van der Waals surface area contributed by atoms with Gasteiger partial charge in [-0.1, -0.05) is 27.7 Å². The summed E-state index contributed by atoms with van der Waals surface area (Å²) in [5, 5.41) is 2.47. The number of hydrogen-bond acceptors (Lipinski definition) is 5. The molecule has 5 nitrogen and oxygen atoms in total. The van der Waals surface area contributed by atoms with Gasteiger partial charge >= 0.3 is 0 Å². The number of unbranched alkanes of at least 4 members (excludes halogenated alkanes) is 1. The second-order valence-electron chi connectivity index (χ2n) is 5.82. The Morgan fingerprint density at radius 1 is 0.885 bits per heavy atom. The lowest BCUT2D eigenvalue weighted by atomic mass is 10.2. The second kappa shape index (κ2) is 19.4. The molecule has 1 saturated heterocycles. The van der Waals surface area contributed by atoms with Crippen molar-refractivity contribution < 1.29 is 18.3 Å². The Morgan fingerprint density at radius 2 is 1.42 bits per heavy atom. The molecule has 0 radical (unpaired) electrons. The molecule has 26 heavy (non-hydrogen) atoms. The molecule has 1 rings (SSSR count). The monoisotopic (exact) mass is 383 g/mol. The minimum absolute atomic E-state index is 0.333. The Morgan fingerprint density at radius 3 is 1.92 bits per heavy atom. The third-order valence-corrected chi connectivity index (χ3v) is 3.84. The minimum Gasteiger partial charge on any atom is -0.383 e. The van der Waals surface area contributed by atoms with Gasteiger partial charge < -0.3 is 19.7 Å². The van der Waals surface area contributed by atoms with Crippen molar-refractivity contribution in [2.24, 2.45) is 0 Å². The van der Waals surface area contributed by atoms with E-state index in [2.05, 4.69) is 15.1 Å². The van der Waals surface area contributed by atoms with Gasteiger partial charge in [0.1, 0.15) is 6.61 Å². The molecule has 1 heterocycles. The predicted molar refractivity (Wildman–Crippen MR) is 106 cm³/mol. The Kier molecular flexibility index (Phi) is 20.8. The molecule has 7 heteroatoms. The van der Waals surface area contributed by atoms with Gasteiger partial charge in [0.2, 0.25) is 0 Å². The van der Waals surface area contributed by atoms with Gasteiger partial charge in [-0.2, -0.15) is 0 Å². The summed E-state index contributed by atoms with van der Waals surface area (Å²) in [5.74, 6) is -2.77. The van der Waals surface area contributed by atoms with E-state index in [-0.39, 0.29) is 6.54 Å². The first kappa shape index (κ1) is 27.9. The molecular weight excluding hydrogens is 340 g/mol. The van der Waals surface area contributed by atoms with Crippen LogP contribution >= 0.6 is 0 Å². The van der Waals surface area contributed by atoms with Crippen LogP contribution in [0.3, 0.4) is 0 Å². The highest BCUT2D eigenvalue weighted by Crippen LogP contribution is 2.12. The Bertz CT molecular complexity index is 278. The fraction of sp³-hybridized carbons (Fsp3) is 1.00. The fourth-order valence-electron chi connectivity index (χ4n) is 2.53. The van der Waals surface area contributed by atoms with Crippen LogP contribution in [0.4, 0.5) is 8.78 Å². The summed E-state index contributed by atoms with van der Waals surface area (Å²) in [7, 11) is 3.25. The summed E-state index contributed by atoms with van der Waals surface area (Å²) in [6.45, 7) is 14.7. The molecule has 1 fully saturated rings. The van der Waals surface area contributed by atoms with Crippen LogP contribution in [0, 0.1) is 0 Å². The average molecular weight is 384 g/mol. The molecular formula is C19H43F2N3O2. The van der Waals surface area contributed by atoms with Gasteiger partial charge in [-0.3, -0.25) is 4.90 Å². The zero-order chi connectivity index (χ0) is 20.3. The van der Waals surface area contributed by atoms with Crippen molar-refractivity contribution in [2.45, 2.75) is 46.5 Å². The molecule has 1 aliphatic heterocycles. The van der Waals surface area contributed by atoms with E-state index in [4.69, 9.17) is 9.47 Å². The van der Waals surface area contributed by atoms with E-state index in [1.54, 1.807) is 7.11 Å². The van der Waals surface area contributed by atoms with E-state index < -0.39 is 12.5 Å². The number of hydrogen-bond donors (Lipinski definition) is 1. The van der Waals surface area contributed by atoms with Gasteiger partial charge in [-0.05, 0) is 26.4 Å². The summed E-state index contributed by atoms with van der Waals surface area (Å²) in [5.41, 5.74) is 0. The first-order valence-electron chi connectivity index (χ1n) is 10.1. The predicted octanol–water partition coefficient (Wildman–Crippen LogP) is 2.95. The molecule has 0 spiro atoms. The standard InChI is InChI=1S/C15H31F2N3O2.2C2H6/c1-18-13-15(16,17)14-22-11-4-3-5-19-6-8-20(9-7-19)10-12-21-2;2*1-2/h18H,3-14H2,1-2H3;2*1-2H3. The molecule has 0 aliphatic carbocycles. The number of alkyl halides is 2. The minimum atomic E-state index is -2.77. The van der Waals surface area contributed by atoms with Crippen molar-refractivity contribution in [2.75, 3.05) is 79.8 Å². The summed E-state index contributed by atoms with van der Waals surface area (Å²) >= 11 is 0. The van der Waals surface area contributed by atoms with Crippen LogP contribution in [0.5, 0.6) is 0 Å². The highest BCUT2D eigenvalue weighted by Gasteiger charge is 2.27. The molecule has 0 aromatic rings.